The first-order valence-corrected chi connectivity index (χ1v) is 9.26. The number of para-hydroxylation sites is 2. The summed E-state index contributed by atoms with van der Waals surface area (Å²) >= 11 is 0. The van der Waals surface area contributed by atoms with Gasteiger partial charge in [-0.05, 0) is 31.9 Å². The molecular weight excluding hydrogens is 342 g/mol. The molecule has 1 aliphatic rings. The van der Waals surface area contributed by atoms with Gasteiger partial charge in [-0.2, -0.15) is 0 Å². The quantitative estimate of drug-likeness (QED) is 0.578. The number of aromatic amines is 1. The van der Waals surface area contributed by atoms with E-state index in [9.17, 15) is 0 Å². The maximum Gasteiger partial charge on any atom is 0.162 e. The number of nitrogens with one attached hydrogen (secondary N) is 2. The van der Waals surface area contributed by atoms with Crippen LogP contribution in [0.15, 0.2) is 36.9 Å². The number of anilines is 1. The van der Waals surface area contributed by atoms with Crippen LogP contribution in [-0.2, 0) is 4.74 Å². The summed E-state index contributed by atoms with van der Waals surface area (Å²) in [5.41, 5.74) is 3.64. The van der Waals surface area contributed by atoms with Crippen LogP contribution in [0.1, 0.15) is 37.7 Å². The molecule has 3 aromatic heterocycles. The Morgan fingerprint density at radius 2 is 2.04 bits per heavy atom. The first kappa shape index (κ1) is 16.2. The van der Waals surface area contributed by atoms with E-state index < -0.39 is 0 Å². The number of hydrogen-bond acceptors (Lipinski definition) is 6. The smallest absolute Gasteiger partial charge is 0.162 e. The van der Waals surface area contributed by atoms with Crippen molar-refractivity contribution in [1.29, 1.82) is 0 Å². The van der Waals surface area contributed by atoms with Crippen LogP contribution >= 0.6 is 0 Å². The molecule has 0 aliphatic carbocycles. The highest BCUT2D eigenvalue weighted by atomic mass is 16.5. The molecule has 0 saturated carbocycles. The van der Waals surface area contributed by atoms with Crippen LogP contribution in [0.2, 0.25) is 0 Å². The van der Waals surface area contributed by atoms with Crippen LogP contribution < -0.4 is 5.32 Å². The van der Waals surface area contributed by atoms with Crippen molar-refractivity contribution in [3.63, 3.8) is 0 Å². The summed E-state index contributed by atoms with van der Waals surface area (Å²) in [6.45, 7) is 3.69. The fourth-order valence-electron chi connectivity index (χ4n) is 3.84. The number of ether oxygens (including phenoxy) is 1. The van der Waals surface area contributed by atoms with Crippen molar-refractivity contribution in [2.24, 2.45) is 0 Å². The molecule has 27 heavy (non-hydrogen) atoms. The molecule has 0 spiro atoms. The average Bonchev–Trinajstić information content (AvgIpc) is 3.34. The van der Waals surface area contributed by atoms with Gasteiger partial charge in [-0.3, -0.25) is 0 Å². The standard InChI is InChI=1S/C19H21N7O/c1-12(24-18-16-17(21-10-20-16)22-11-23-18)19-25-14-4-2-3-5-15(14)26(19)13-6-8-27-9-7-13/h2-5,10-13H,6-9H2,1H3,(H2,20,21,22,23,24). The summed E-state index contributed by atoms with van der Waals surface area (Å²) in [5.74, 6) is 1.71. The van der Waals surface area contributed by atoms with Crippen molar-refractivity contribution >= 4 is 28.0 Å². The van der Waals surface area contributed by atoms with Gasteiger partial charge in [-0.1, -0.05) is 12.1 Å². The SMILES string of the molecule is CC(Nc1ncnc2[nH]cnc12)c1nc2ccccc2n1C1CCOCC1. The average molecular weight is 363 g/mol. The zero-order valence-electron chi connectivity index (χ0n) is 15.1. The van der Waals surface area contributed by atoms with E-state index >= 15 is 0 Å². The second kappa shape index (κ2) is 6.62. The molecule has 1 aromatic carbocycles. The molecule has 2 N–H and O–H groups in total. The van der Waals surface area contributed by atoms with Gasteiger partial charge >= 0.3 is 0 Å². The molecule has 1 aliphatic heterocycles. The molecule has 4 heterocycles. The van der Waals surface area contributed by atoms with E-state index in [4.69, 9.17) is 9.72 Å². The van der Waals surface area contributed by atoms with E-state index in [1.807, 2.05) is 6.07 Å². The number of fused-ring (bicyclic) bond motifs is 2. The maximum absolute atomic E-state index is 5.57. The molecule has 5 rings (SSSR count). The third-order valence-electron chi connectivity index (χ3n) is 5.14. The monoisotopic (exact) mass is 363 g/mol. The molecule has 4 aromatic rings. The Morgan fingerprint density at radius 3 is 2.93 bits per heavy atom. The molecule has 0 bridgehead atoms. The van der Waals surface area contributed by atoms with Crippen molar-refractivity contribution < 1.29 is 4.74 Å². The zero-order valence-corrected chi connectivity index (χ0v) is 15.1. The topological polar surface area (TPSA) is 93.5 Å². The van der Waals surface area contributed by atoms with Crippen LogP contribution in [0.4, 0.5) is 5.82 Å². The Balaban J connectivity index is 1.56. The highest BCUT2D eigenvalue weighted by molar-refractivity contribution is 5.82. The fraction of sp³-hybridized carbons (Fsp3) is 0.368. The Morgan fingerprint density at radius 1 is 1.19 bits per heavy atom. The highest BCUT2D eigenvalue weighted by Gasteiger charge is 2.25. The Bertz CT molecular complexity index is 1080. The normalized spacial score (nSPS) is 16.8. The molecule has 0 amide bonds. The van der Waals surface area contributed by atoms with Crippen molar-refractivity contribution in [2.75, 3.05) is 18.5 Å². The van der Waals surface area contributed by atoms with Crippen LogP contribution in [0.3, 0.4) is 0 Å². The molecule has 1 unspecified atom stereocenters. The predicted molar refractivity (Wildman–Crippen MR) is 103 cm³/mol. The molecule has 8 nitrogen and oxygen atoms in total. The summed E-state index contributed by atoms with van der Waals surface area (Å²) in [6.07, 6.45) is 5.16. The van der Waals surface area contributed by atoms with E-state index in [0.29, 0.717) is 11.9 Å². The molecule has 8 heteroatoms. The zero-order chi connectivity index (χ0) is 18.2. The lowest BCUT2D eigenvalue weighted by atomic mass is 10.1. The predicted octanol–water partition coefficient (Wildman–Crippen LogP) is 3.23. The lowest BCUT2D eigenvalue weighted by Crippen LogP contribution is -2.23. The van der Waals surface area contributed by atoms with E-state index in [0.717, 1.165) is 48.6 Å². The van der Waals surface area contributed by atoms with Gasteiger partial charge in [0.05, 0.1) is 23.4 Å². The van der Waals surface area contributed by atoms with Gasteiger partial charge in [-0.25, -0.2) is 19.9 Å². The van der Waals surface area contributed by atoms with Gasteiger partial charge in [0.1, 0.15) is 17.7 Å². The maximum atomic E-state index is 5.57. The van der Waals surface area contributed by atoms with Crippen LogP contribution in [0, 0.1) is 0 Å². The van der Waals surface area contributed by atoms with Gasteiger partial charge in [-0.15, -0.1) is 0 Å². The summed E-state index contributed by atoms with van der Waals surface area (Å²) < 4.78 is 7.94. The number of aromatic nitrogens is 6. The van der Waals surface area contributed by atoms with E-state index in [1.54, 1.807) is 6.33 Å². The Hall–Kier alpha value is -3.00. The fourth-order valence-corrected chi connectivity index (χ4v) is 3.84. The van der Waals surface area contributed by atoms with Gasteiger partial charge in [0.25, 0.3) is 0 Å². The summed E-state index contributed by atoms with van der Waals surface area (Å²) in [5, 5.41) is 3.48. The van der Waals surface area contributed by atoms with Crippen LogP contribution in [0.25, 0.3) is 22.2 Å². The number of rotatable bonds is 4. The van der Waals surface area contributed by atoms with Gasteiger partial charge in [0, 0.05) is 19.3 Å². The second-order valence-corrected chi connectivity index (χ2v) is 6.86. The molecule has 1 atom stereocenters. The van der Waals surface area contributed by atoms with E-state index in [-0.39, 0.29) is 6.04 Å². The minimum absolute atomic E-state index is 0.0324. The Kier molecular flexibility index (Phi) is 3.97. The highest BCUT2D eigenvalue weighted by Crippen LogP contribution is 2.32. The van der Waals surface area contributed by atoms with Crippen molar-refractivity contribution in [1.82, 2.24) is 29.5 Å². The van der Waals surface area contributed by atoms with Gasteiger partial charge in [0.2, 0.25) is 0 Å². The third kappa shape index (κ3) is 2.82. The van der Waals surface area contributed by atoms with Gasteiger partial charge < -0.3 is 19.6 Å². The number of H-pyrrole nitrogens is 1. The van der Waals surface area contributed by atoms with Gasteiger partial charge in [0.15, 0.2) is 11.5 Å². The molecular formula is C19H21N7O. The molecule has 138 valence electrons. The number of nitrogens with zero attached hydrogens (tertiary/aromatic N) is 5. The van der Waals surface area contributed by atoms with Crippen LogP contribution in [-0.4, -0.2) is 42.7 Å². The minimum Gasteiger partial charge on any atom is -0.381 e. The first-order valence-electron chi connectivity index (χ1n) is 9.26. The summed E-state index contributed by atoms with van der Waals surface area (Å²) in [4.78, 5) is 20.9. The molecule has 1 fully saturated rings. The van der Waals surface area contributed by atoms with Crippen molar-refractivity contribution in [2.45, 2.75) is 31.8 Å². The van der Waals surface area contributed by atoms with Crippen LogP contribution in [0.5, 0.6) is 0 Å². The van der Waals surface area contributed by atoms with E-state index in [1.165, 1.54) is 11.8 Å². The molecule has 1 saturated heterocycles. The van der Waals surface area contributed by atoms with Crippen molar-refractivity contribution in [3.8, 4) is 0 Å². The summed E-state index contributed by atoms with van der Waals surface area (Å²) in [7, 11) is 0. The Labute approximate surface area is 156 Å². The van der Waals surface area contributed by atoms with E-state index in [2.05, 4.69) is 54.9 Å². The third-order valence-corrected chi connectivity index (χ3v) is 5.14. The lowest BCUT2D eigenvalue weighted by Gasteiger charge is -2.27. The van der Waals surface area contributed by atoms with Crippen molar-refractivity contribution in [3.05, 3.63) is 42.7 Å². The second-order valence-electron chi connectivity index (χ2n) is 6.86. The minimum atomic E-state index is -0.0324. The lowest BCUT2D eigenvalue weighted by molar-refractivity contribution is 0.0697. The number of hydrogen-bond donors (Lipinski definition) is 2. The largest absolute Gasteiger partial charge is 0.381 e. The summed E-state index contributed by atoms with van der Waals surface area (Å²) in [6, 6.07) is 8.67. The number of imidazole rings is 2. The number of benzene rings is 1. The first-order chi connectivity index (χ1) is 13.3. The molecule has 0 radical (unpaired) electrons.